The first-order chi connectivity index (χ1) is 12.5. The lowest BCUT2D eigenvalue weighted by molar-refractivity contribution is -0.131. The molecule has 1 spiro atoms. The zero-order chi connectivity index (χ0) is 18.3. The molecule has 0 atom stereocenters. The number of carbonyl (C=O) groups excluding carboxylic acids is 2. The zero-order valence-electron chi connectivity index (χ0n) is 14.6. The summed E-state index contributed by atoms with van der Waals surface area (Å²) >= 11 is 6.16. The molecule has 5 nitrogen and oxygen atoms in total. The van der Waals surface area contributed by atoms with Gasteiger partial charge in [-0.2, -0.15) is 0 Å². The summed E-state index contributed by atoms with van der Waals surface area (Å²) in [6.07, 6.45) is 5.50. The number of carbonyl (C=O) groups is 2. The molecule has 140 valence electrons. The lowest BCUT2D eigenvalue weighted by Gasteiger charge is -2.25. The first-order valence-corrected chi connectivity index (χ1v) is 9.69. The average molecular weight is 380 g/mol. The van der Waals surface area contributed by atoms with Crippen LogP contribution in [0.15, 0.2) is 18.2 Å². The van der Waals surface area contributed by atoms with Crippen molar-refractivity contribution in [3.05, 3.63) is 34.6 Å². The van der Waals surface area contributed by atoms with Crippen molar-refractivity contribution in [1.29, 1.82) is 0 Å². The van der Waals surface area contributed by atoms with Crippen LogP contribution in [0, 0.1) is 5.82 Å². The fourth-order valence-corrected chi connectivity index (χ4v) is 4.36. The smallest absolute Gasteiger partial charge is 0.323 e. The molecule has 0 unspecified atom stereocenters. The highest BCUT2D eigenvalue weighted by molar-refractivity contribution is 6.31. The van der Waals surface area contributed by atoms with Crippen molar-refractivity contribution in [3.63, 3.8) is 0 Å². The summed E-state index contributed by atoms with van der Waals surface area (Å²) in [5.41, 5.74) is -0.193. The van der Waals surface area contributed by atoms with E-state index in [1.54, 1.807) is 12.1 Å². The SMILES string of the molecule is O=C1NC2(CCCC2)C(=O)N1CCN(Cc1c(F)cccc1Cl)C1CC1. The minimum atomic E-state index is -0.670. The number of hydrogen-bond acceptors (Lipinski definition) is 3. The van der Waals surface area contributed by atoms with Crippen LogP contribution < -0.4 is 5.32 Å². The second-order valence-corrected chi connectivity index (χ2v) is 7.99. The van der Waals surface area contributed by atoms with Crippen molar-refractivity contribution in [1.82, 2.24) is 15.1 Å². The van der Waals surface area contributed by atoms with Gasteiger partial charge in [0.1, 0.15) is 11.4 Å². The Kier molecular flexibility index (Phi) is 4.65. The second kappa shape index (κ2) is 6.82. The maximum absolute atomic E-state index is 14.1. The van der Waals surface area contributed by atoms with Crippen molar-refractivity contribution >= 4 is 23.5 Å². The standard InChI is InChI=1S/C19H23ClFN3O2/c20-15-4-3-5-16(21)14(15)12-23(13-6-7-13)10-11-24-17(25)19(22-18(24)26)8-1-2-9-19/h3-5,13H,1-2,6-12H2,(H,22,26). The quantitative estimate of drug-likeness (QED) is 0.771. The summed E-state index contributed by atoms with van der Waals surface area (Å²) in [7, 11) is 0. The van der Waals surface area contributed by atoms with Crippen LogP contribution in [0.5, 0.6) is 0 Å². The van der Waals surface area contributed by atoms with Crippen molar-refractivity contribution in [2.24, 2.45) is 0 Å². The number of halogens is 2. The number of hydrogen-bond donors (Lipinski definition) is 1. The molecule has 7 heteroatoms. The molecular formula is C19H23ClFN3O2. The predicted octanol–water partition coefficient (Wildman–Crippen LogP) is 3.31. The Balaban J connectivity index is 1.43. The molecular weight excluding hydrogens is 357 g/mol. The molecule has 0 radical (unpaired) electrons. The van der Waals surface area contributed by atoms with Crippen LogP contribution in [0.4, 0.5) is 9.18 Å². The highest BCUT2D eigenvalue weighted by Gasteiger charge is 2.52. The molecule has 26 heavy (non-hydrogen) atoms. The molecule has 3 amide bonds. The molecule has 1 saturated heterocycles. The topological polar surface area (TPSA) is 52.7 Å². The van der Waals surface area contributed by atoms with Gasteiger partial charge >= 0.3 is 6.03 Å². The van der Waals surface area contributed by atoms with Gasteiger partial charge in [0, 0.05) is 36.3 Å². The summed E-state index contributed by atoms with van der Waals surface area (Å²) in [5.74, 6) is -0.414. The number of amides is 3. The molecule has 3 aliphatic rings. The lowest BCUT2D eigenvalue weighted by atomic mass is 9.98. The van der Waals surface area contributed by atoms with Gasteiger partial charge in [0.05, 0.1) is 0 Å². The molecule has 3 fully saturated rings. The van der Waals surface area contributed by atoms with E-state index in [1.807, 2.05) is 0 Å². The molecule has 0 aromatic heterocycles. The van der Waals surface area contributed by atoms with E-state index in [0.717, 1.165) is 38.5 Å². The van der Waals surface area contributed by atoms with Crippen molar-refractivity contribution in [2.75, 3.05) is 13.1 Å². The van der Waals surface area contributed by atoms with Crippen LogP contribution in [-0.2, 0) is 11.3 Å². The number of rotatable bonds is 6. The van der Waals surface area contributed by atoms with E-state index >= 15 is 0 Å². The molecule has 1 aliphatic heterocycles. The Hall–Kier alpha value is -1.66. The Morgan fingerprint density at radius 3 is 2.65 bits per heavy atom. The average Bonchev–Trinajstić information content (AvgIpc) is 3.30. The molecule has 1 aromatic rings. The number of urea groups is 1. The highest BCUT2D eigenvalue weighted by atomic mass is 35.5. The van der Waals surface area contributed by atoms with Crippen LogP contribution >= 0.6 is 11.6 Å². The molecule has 4 rings (SSSR count). The molecule has 1 N–H and O–H groups in total. The van der Waals surface area contributed by atoms with Gasteiger partial charge in [-0.25, -0.2) is 9.18 Å². The Morgan fingerprint density at radius 1 is 1.27 bits per heavy atom. The fraction of sp³-hybridized carbons (Fsp3) is 0.579. The third kappa shape index (κ3) is 3.21. The lowest BCUT2D eigenvalue weighted by Crippen LogP contribution is -2.44. The zero-order valence-corrected chi connectivity index (χ0v) is 15.4. The maximum Gasteiger partial charge on any atom is 0.325 e. The van der Waals surface area contributed by atoms with E-state index in [4.69, 9.17) is 11.6 Å². The van der Waals surface area contributed by atoms with Gasteiger partial charge in [-0.05, 0) is 37.8 Å². The summed E-state index contributed by atoms with van der Waals surface area (Å²) in [4.78, 5) is 28.5. The Labute approximate surface area is 157 Å². The van der Waals surface area contributed by atoms with Gasteiger partial charge in [0.2, 0.25) is 0 Å². The van der Waals surface area contributed by atoms with Crippen molar-refractivity contribution in [3.8, 4) is 0 Å². The first-order valence-electron chi connectivity index (χ1n) is 9.31. The van der Waals surface area contributed by atoms with Gasteiger partial charge in [0.15, 0.2) is 0 Å². The van der Waals surface area contributed by atoms with E-state index in [-0.39, 0.29) is 17.8 Å². The van der Waals surface area contributed by atoms with Crippen molar-refractivity contribution in [2.45, 2.75) is 56.7 Å². The summed E-state index contributed by atoms with van der Waals surface area (Å²) in [6, 6.07) is 4.76. The summed E-state index contributed by atoms with van der Waals surface area (Å²) in [6.45, 7) is 1.25. The van der Waals surface area contributed by atoms with E-state index in [9.17, 15) is 14.0 Å². The minimum Gasteiger partial charge on any atom is -0.323 e. The third-order valence-corrected chi connectivity index (χ3v) is 6.15. The van der Waals surface area contributed by atoms with Crippen LogP contribution in [-0.4, -0.2) is 46.4 Å². The highest BCUT2D eigenvalue weighted by Crippen LogP contribution is 2.35. The Bertz CT molecular complexity index is 711. The molecule has 1 heterocycles. The maximum atomic E-state index is 14.1. The van der Waals surface area contributed by atoms with E-state index in [0.29, 0.717) is 36.3 Å². The number of nitrogens with zero attached hydrogens (tertiary/aromatic N) is 2. The molecule has 0 bridgehead atoms. The van der Waals surface area contributed by atoms with Crippen molar-refractivity contribution < 1.29 is 14.0 Å². The number of imide groups is 1. The second-order valence-electron chi connectivity index (χ2n) is 7.58. The number of benzene rings is 1. The Morgan fingerprint density at radius 2 is 2.00 bits per heavy atom. The summed E-state index contributed by atoms with van der Waals surface area (Å²) < 4.78 is 14.1. The van der Waals surface area contributed by atoms with Crippen LogP contribution in [0.2, 0.25) is 5.02 Å². The van der Waals surface area contributed by atoms with Gasteiger partial charge in [0.25, 0.3) is 5.91 Å². The van der Waals surface area contributed by atoms with E-state index in [2.05, 4.69) is 10.2 Å². The van der Waals surface area contributed by atoms with Gasteiger partial charge in [-0.15, -0.1) is 0 Å². The van der Waals surface area contributed by atoms with Crippen LogP contribution in [0.3, 0.4) is 0 Å². The molecule has 2 saturated carbocycles. The predicted molar refractivity (Wildman–Crippen MR) is 96.3 cm³/mol. The first kappa shape index (κ1) is 17.7. The van der Waals surface area contributed by atoms with Gasteiger partial charge < -0.3 is 5.32 Å². The molecule has 1 aromatic carbocycles. The van der Waals surface area contributed by atoms with Crippen LogP contribution in [0.1, 0.15) is 44.1 Å². The largest absolute Gasteiger partial charge is 0.325 e. The van der Waals surface area contributed by atoms with E-state index < -0.39 is 5.54 Å². The van der Waals surface area contributed by atoms with Gasteiger partial charge in [-0.3, -0.25) is 14.6 Å². The van der Waals surface area contributed by atoms with E-state index in [1.165, 1.54) is 11.0 Å². The fourth-order valence-electron chi connectivity index (χ4n) is 4.14. The minimum absolute atomic E-state index is 0.0975. The van der Waals surface area contributed by atoms with Crippen LogP contribution in [0.25, 0.3) is 0 Å². The number of nitrogens with one attached hydrogen (secondary N) is 1. The summed E-state index contributed by atoms with van der Waals surface area (Å²) in [5, 5.41) is 3.32. The normalized spacial score (nSPS) is 21.9. The monoisotopic (exact) mass is 379 g/mol. The molecule has 2 aliphatic carbocycles. The third-order valence-electron chi connectivity index (χ3n) is 5.80. The van der Waals surface area contributed by atoms with Gasteiger partial charge in [-0.1, -0.05) is 30.5 Å².